The van der Waals surface area contributed by atoms with Crippen LogP contribution in [0.1, 0.15) is 17.8 Å². The Balaban J connectivity index is 2.05. The van der Waals surface area contributed by atoms with Crippen LogP contribution >= 0.6 is 23.4 Å². The molecule has 2 rings (SSSR count). The monoisotopic (exact) mass is 220 g/mol. The first kappa shape index (κ1) is 9.30. The fourth-order valence-corrected chi connectivity index (χ4v) is 2.04. The van der Waals surface area contributed by atoms with Crippen molar-refractivity contribution in [3.05, 3.63) is 11.7 Å². The van der Waals surface area contributed by atoms with E-state index in [1.54, 1.807) is 0 Å². The Labute approximate surface area is 85.0 Å². The van der Waals surface area contributed by atoms with Crippen LogP contribution in [0.5, 0.6) is 0 Å². The van der Waals surface area contributed by atoms with Crippen molar-refractivity contribution < 1.29 is 9.26 Å². The molecule has 6 heteroatoms. The first-order valence-electron chi connectivity index (χ1n) is 3.98. The zero-order valence-corrected chi connectivity index (χ0v) is 8.48. The van der Waals surface area contributed by atoms with E-state index in [-0.39, 0.29) is 12.0 Å². The fraction of sp³-hybridized carbons (Fsp3) is 0.714. The summed E-state index contributed by atoms with van der Waals surface area (Å²) < 4.78 is 10.4. The SMILES string of the molecule is ClCc1nc(C2CSCCO2)no1. The lowest BCUT2D eigenvalue weighted by Crippen LogP contribution is -2.16. The molecular weight excluding hydrogens is 212 g/mol. The van der Waals surface area contributed by atoms with E-state index in [9.17, 15) is 0 Å². The minimum absolute atomic E-state index is 0.0283. The van der Waals surface area contributed by atoms with E-state index < -0.39 is 0 Å². The van der Waals surface area contributed by atoms with Crippen molar-refractivity contribution in [2.45, 2.75) is 12.0 Å². The van der Waals surface area contributed by atoms with Gasteiger partial charge in [-0.05, 0) is 0 Å². The molecule has 0 aromatic carbocycles. The highest BCUT2D eigenvalue weighted by Crippen LogP contribution is 2.24. The molecule has 4 nitrogen and oxygen atoms in total. The zero-order chi connectivity index (χ0) is 9.10. The number of thioether (sulfide) groups is 1. The fourth-order valence-electron chi connectivity index (χ4n) is 1.09. The Morgan fingerprint density at radius 3 is 3.15 bits per heavy atom. The number of aromatic nitrogens is 2. The molecule has 1 atom stereocenters. The minimum atomic E-state index is -0.0283. The summed E-state index contributed by atoms with van der Waals surface area (Å²) in [5.41, 5.74) is 0. The Kier molecular flexibility index (Phi) is 3.08. The molecule has 1 aliphatic heterocycles. The van der Waals surface area contributed by atoms with E-state index in [2.05, 4.69) is 10.1 Å². The average Bonchev–Trinajstić information content (AvgIpc) is 2.67. The van der Waals surface area contributed by atoms with Crippen LogP contribution < -0.4 is 0 Å². The number of ether oxygens (including phenoxy) is 1. The largest absolute Gasteiger partial charge is 0.368 e. The summed E-state index contributed by atoms with van der Waals surface area (Å²) >= 11 is 7.37. The highest BCUT2D eigenvalue weighted by molar-refractivity contribution is 7.99. The van der Waals surface area contributed by atoms with E-state index in [1.807, 2.05) is 11.8 Å². The van der Waals surface area contributed by atoms with Gasteiger partial charge >= 0.3 is 0 Å². The molecule has 0 spiro atoms. The van der Waals surface area contributed by atoms with Gasteiger partial charge < -0.3 is 9.26 Å². The molecule has 0 radical (unpaired) electrons. The van der Waals surface area contributed by atoms with Crippen LogP contribution in [0, 0.1) is 0 Å². The quantitative estimate of drug-likeness (QED) is 0.709. The lowest BCUT2D eigenvalue weighted by molar-refractivity contribution is 0.0677. The van der Waals surface area contributed by atoms with Crippen LogP contribution in [0.25, 0.3) is 0 Å². The van der Waals surface area contributed by atoms with Gasteiger partial charge in [-0.1, -0.05) is 5.16 Å². The summed E-state index contributed by atoms with van der Waals surface area (Å²) in [5.74, 6) is 3.25. The molecule has 2 heterocycles. The molecule has 0 amide bonds. The van der Waals surface area contributed by atoms with Crippen LogP contribution in [-0.4, -0.2) is 28.3 Å². The molecular formula is C7H9ClN2O2S. The number of alkyl halides is 1. The average molecular weight is 221 g/mol. The molecule has 1 aromatic heterocycles. The van der Waals surface area contributed by atoms with Crippen LogP contribution in [-0.2, 0) is 10.6 Å². The topological polar surface area (TPSA) is 48.2 Å². The van der Waals surface area contributed by atoms with Gasteiger partial charge in [0.1, 0.15) is 12.0 Å². The summed E-state index contributed by atoms with van der Waals surface area (Å²) in [6, 6.07) is 0. The van der Waals surface area contributed by atoms with Gasteiger partial charge in [0.15, 0.2) is 0 Å². The van der Waals surface area contributed by atoms with Crippen molar-refractivity contribution >= 4 is 23.4 Å². The standard InChI is InChI=1S/C7H9ClN2O2S/c8-3-6-9-7(10-12-6)5-4-13-2-1-11-5/h5H,1-4H2. The van der Waals surface area contributed by atoms with Crippen LogP contribution in [0.4, 0.5) is 0 Å². The van der Waals surface area contributed by atoms with Crippen molar-refractivity contribution in [3.8, 4) is 0 Å². The maximum atomic E-state index is 5.54. The van der Waals surface area contributed by atoms with E-state index in [0.29, 0.717) is 11.7 Å². The number of halogens is 1. The van der Waals surface area contributed by atoms with Crippen LogP contribution in [0.2, 0.25) is 0 Å². The summed E-state index contributed by atoms with van der Waals surface area (Å²) in [6.07, 6.45) is -0.0283. The summed E-state index contributed by atoms with van der Waals surface area (Å²) in [6.45, 7) is 0.750. The van der Waals surface area contributed by atoms with E-state index in [1.165, 1.54) is 0 Å². The van der Waals surface area contributed by atoms with Crippen molar-refractivity contribution in [2.24, 2.45) is 0 Å². The van der Waals surface area contributed by atoms with Crippen molar-refractivity contribution in [3.63, 3.8) is 0 Å². The molecule has 0 aliphatic carbocycles. The van der Waals surface area contributed by atoms with Crippen molar-refractivity contribution in [1.29, 1.82) is 0 Å². The second-order valence-corrected chi connectivity index (χ2v) is 4.03. The second-order valence-electron chi connectivity index (χ2n) is 2.61. The molecule has 1 saturated heterocycles. The van der Waals surface area contributed by atoms with Gasteiger partial charge in [0, 0.05) is 11.5 Å². The minimum Gasteiger partial charge on any atom is -0.368 e. The van der Waals surface area contributed by atoms with Crippen LogP contribution in [0.3, 0.4) is 0 Å². The normalized spacial score (nSPS) is 23.3. The van der Waals surface area contributed by atoms with Crippen LogP contribution in [0.15, 0.2) is 4.52 Å². The molecule has 72 valence electrons. The number of hydrogen-bond acceptors (Lipinski definition) is 5. The van der Waals surface area contributed by atoms with Gasteiger partial charge in [-0.25, -0.2) is 0 Å². The molecule has 0 saturated carbocycles. The van der Waals surface area contributed by atoms with E-state index in [0.717, 1.165) is 18.1 Å². The van der Waals surface area contributed by atoms with Gasteiger partial charge in [0.2, 0.25) is 11.7 Å². The first-order valence-corrected chi connectivity index (χ1v) is 5.67. The van der Waals surface area contributed by atoms with Crippen molar-refractivity contribution in [2.75, 3.05) is 18.1 Å². The summed E-state index contributed by atoms with van der Waals surface area (Å²) in [7, 11) is 0. The second kappa shape index (κ2) is 4.30. The zero-order valence-electron chi connectivity index (χ0n) is 6.90. The highest BCUT2D eigenvalue weighted by atomic mass is 35.5. The Morgan fingerprint density at radius 2 is 2.54 bits per heavy atom. The van der Waals surface area contributed by atoms with E-state index in [4.69, 9.17) is 20.9 Å². The Bertz CT molecular complexity index is 275. The molecule has 13 heavy (non-hydrogen) atoms. The third-order valence-corrected chi connectivity index (χ3v) is 2.92. The van der Waals surface area contributed by atoms with Gasteiger partial charge in [0.05, 0.1) is 6.61 Å². The van der Waals surface area contributed by atoms with Gasteiger partial charge in [0.25, 0.3) is 0 Å². The summed E-state index contributed by atoms with van der Waals surface area (Å²) in [4.78, 5) is 4.10. The number of rotatable bonds is 2. The van der Waals surface area contributed by atoms with Crippen molar-refractivity contribution in [1.82, 2.24) is 10.1 Å². The number of nitrogens with zero attached hydrogens (tertiary/aromatic N) is 2. The van der Waals surface area contributed by atoms with E-state index >= 15 is 0 Å². The lowest BCUT2D eigenvalue weighted by Gasteiger charge is -2.18. The first-order chi connectivity index (χ1) is 6.40. The maximum Gasteiger partial charge on any atom is 0.241 e. The smallest absolute Gasteiger partial charge is 0.241 e. The predicted octanol–water partition coefficient (Wildman–Crippen LogP) is 1.61. The predicted molar refractivity (Wildman–Crippen MR) is 49.9 cm³/mol. The third kappa shape index (κ3) is 2.15. The molecule has 0 N–H and O–H groups in total. The van der Waals surface area contributed by atoms with Gasteiger partial charge in [-0.3, -0.25) is 0 Å². The molecule has 1 unspecified atom stereocenters. The Hall–Kier alpha value is -0.260. The Morgan fingerprint density at radius 1 is 1.62 bits per heavy atom. The number of hydrogen-bond donors (Lipinski definition) is 0. The summed E-state index contributed by atoms with van der Waals surface area (Å²) in [5, 5.41) is 3.80. The molecule has 1 aromatic rings. The van der Waals surface area contributed by atoms with Gasteiger partial charge in [-0.15, -0.1) is 11.6 Å². The highest BCUT2D eigenvalue weighted by Gasteiger charge is 2.21. The lowest BCUT2D eigenvalue weighted by atomic mass is 10.4. The molecule has 1 aliphatic rings. The third-order valence-electron chi connectivity index (χ3n) is 1.70. The maximum absolute atomic E-state index is 5.54. The van der Waals surface area contributed by atoms with Gasteiger partial charge in [-0.2, -0.15) is 16.7 Å². The molecule has 1 fully saturated rings. The molecule has 0 bridgehead atoms.